The Morgan fingerprint density at radius 3 is 2.96 bits per heavy atom. The van der Waals surface area contributed by atoms with Gasteiger partial charge in [0, 0.05) is 12.6 Å². The minimum Gasteiger partial charge on any atom is -0.372 e. The Kier molecular flexibility index (Phi) is 4.68. The summed E-state index contributed by atoms with van der Waals surface area (Å²) in [5.41, 5.74) is 4.87. The van der Waals surface area contributed by atoms with E-state index < -0.39 is 0 Å². The number of aryl methyl sites for hydroxylation is 2. The third-order valence-corrected chi connectivity index (χ3v) is 5.22. The zero-order chi connectivity index (χ0) is 17.2. The Labute approximate surface area is 148 Å². The Morgan fingerprint density at radius 2 is 2.04 bits per heavy atom. The maximum atomic E-state index is 12.4. The summed E-state index contributed by atoms with van der Waals surface area (Å²) in [6, 6.07) is 10.3. The van der Waals surface area contributed by atoms with Crippen LogP contribution in [0.1, 0.15) is 41.3 Å². The molecule has 25 heavy (non-hydrogen) atoms. The van der Waals surface area contributed by atoms with Gasteiger partial charge in [-0.25, -0.2) is 4.68 Å². The lowest BCUT2D eigenvalue weighted by atomic mass is 9.97. The summed E-state index contributed by atoms with van der Waals surface area (Å²) in [6.45, 7) is 2.00. The molecule has 2 aliphatic rings. The van der Waals surface area contributed by atoms with Crippen molar-refractivity contribution in [3.05, 3.63) is 63.1 Å². The van der Waals surface area contributed by atoms with Gasteiger partial charge in [0.15, 0.2) is 0 Å². The second-order valence-electron chi connectivity index (χ2n) is 7.15. The van der Waals surface area contributed by atoms with Crippen molar-refractivity contribution >= 4 is 0 Å². The van der Waals surface area contributed by atoms with Crippen molar-refractivity contribution in [3.8, 4) is 0 Å². The van der Waals surface area contributed by atoms with Gasteiger partial charge in [-0.1, -0.05) is 24.3 Å². The first-order chi connectivity index (χ1) is 12.2. The van der Waals surface area contributed by atoms with Crippen molar-refractivity contribution in [1.29, 1.82) is 0 Å². The summed E-state index contributed by atoms with van der Waals surface area (Å²) in [4.78, 5) is 14.5. The summed E-state index contributed by atoms with van der Waals surface area (Å²) in [5.74, 6) is 0. The van der Waals surface area contributed by atoms with Crippen LogP contribution in [0.4, 0.5) is 0 Å². The third kappa shape index (κ3) is 3.53. The molecule has 0 radical (unpaired) electrons. The van der Waals surface area contributed by atoms with Crippen LogP contribution >= 0.6 is 0 Å². The minimum atomic E-state index is -0.00235. The lowest BCUT2D eigenvalue weighted by Crippen LogP contribution is -2.36. The van der Waals surface area contributed by atoms with E-state index in [9.17, 15) is 4.79 Å². The van der Waals surface area contributed by atoms with Gasteiger partial charge in [0.1, 0.15) is 0 Å². The molecule has 0 saturated carbocycles. The summed E-state index contributed by atoms with van der Waals surface area (Å²) in [7, 11) is 2.02. The van der Waals surface area contributed by atoms with E-state index in [1.54, 1.807) is 10.7 Å². The van der Waals surface area contributed by atoms with Crippen LogP contribution in [0.5, 0.6) is 0 Å². The second kappa shape index (κ2) is 7.10. The number of aromatic nitrogens is 2. The highest BCUT2D eigenvalue weighted by molar-refractivity contribution is 5.31. The largest absolute Gasteiger partial charge is 0.372 e. The van der Waals surface area contributed by atoms with Crippen molar-refractivity contribution in [2.75, 3.05) is 20.2 Å². The van der Waals surface area contributed by atoms with Crippen LogP contribution in [-0.2, 0) is 30.7 Å². The van der Waals surface area contributed by atoms with Crippen molar-refractivity contribution < 1.29 is 4.74 Å². The van der Waals surface area contributed by atoms with Crippen LogP contribution in [0, 0.1) is 0 Å². The molecule has 1 aromatic heterocycles. The number of ether oxygens (including phenoxy) is 1. The van der Waals surface area contributed by atoms with E-state index in [4.69, 9.17) is 4.74 Å². The van der Waals surface area contributed by atoms with Crippen molar-refractivity contribution in [2.45, 2.75) is 44.9 Å². The first-order valence-corrected chi connectivity index (χ1v) is 9.18. The molecule has 2 heterocycles. The molecular weight excluding hydrogens is 314 g/mol. The van der Waals surface area contributed by atoms with E-state index in [1.807, 2.05) is 7.05 Å². The molecule has 1 aliphatic heterocycles. The van der Waals surface area contributed by atoms with Gasteiger partial charge in [-0.2, -0.15) is 5.10 Å². The minimum absolute atomic E-state index is 0.00235. The zero-order valence-corrected chi connectivity index (χ0v) is 14.8. The van der Waals surface area contributed by atoms with Crippen LogP contribution in [0.15, 0.2) is 35.1 Å². The number of fused-ring (bicyclic) bond motifs is 2. The highest BCUT2D eigenvalue weighted by Gasteiger charge is 2.22. The number of hydrogen-bond acceptors (Lipinski definition) is 4. The fourth-order valence-electron chi connectivity index (χ4n) is 3.90. The summed E-state index contributed by atoms with van der Waals surface area (Å²) < 4.78 is 7.58. The van der Waals surface area contributed by atoms with Crippen LogP contribution in [0.2, 0.25) is 0 Å². The van der Waals surface area contributed by atoms with E-state index >= 15 is 0 Å². The van der Waals surface area contributed by atoms with Gasteiger partial charge in [-0.3, -0.25) is 9.69 Å². The number of nitrogens with zero attached hydrogens (tertiary/aromatic N) is 3. The predicted molar refractivity (Wildman–Crippen MR) is 96.6 cm³/mol. The molecule has 0 N–H and O–H groups in total. The lowest BCUT2D eigenvalue weighted by molar-refractivity contribution is 0.0143. The van der Waals surface area contributed by atoms with E-state index in [2.05, 4.69) is 34.3 Å². The van der Waals surface area contributed by atoms with Crippen molar-refractivity contribution in [1.82, 2.24) is 14.7 Å². The van der Waals surface area contributed by atoms with Crippen molar-refractivity contribution in [3.63, 3.8) is 0 Å². The first kappa shape index (κ1) is 16.5. The molecule has 1 atom stereocenters. The monoisotopic (exact) mass is 339 g/mol. The van der Waals surface area contributed by atoms with E-state index in [0.717, 1.165) is 50.1 Å². The van der Waals surface area contributed by atoms with Crippen molar-refractivity contribution in [2.24, 2.45) is 0 Å². The van der Waals surface area contributed by atoms with Gasteiger partial charge in [-0.05, 0) is 55.8 Å². The molecule has 0 spiro atoms. The topological polar surface area (TPSA) is 47.4 Å². The molecule has 5 nitrogen and oxygen atoms in total. The fraction of sp³-hybridized carbons (Fsp3) is 0.500. The molecule has 0 bridgehead atoms. The van der Waals surface area contributed by atoms with E-state index in [1.165, 1.54) is 17.5 Å². The number of likely N-dealkylation sites (N-methyl/N-ethyl adjacent to an activating group) is 1. The van der Waals surface area contributed by atoms with Crippen LogP contribution in [0.3, 0.4) is 0 Å². The Bertz CT molecular complexity index is 815. The quantitative estimate of drug-likeness (QED) is 0.858. The van der Waals surface area contributed by atoms with Gasteiger partial charge in [0.25, 0.3) is 5.56 Å². The van der Waals surface area contributed by atoms with Crippen LogP contribution in [0.25, 0.3) is 0 Å². The average Bonchev–Trinajstić information content (AvgIpc) is 2.63. The van der Waals surface area contributed by atoms with E-state index in [0.29, 0.717) is 6.67 Å². The molecule has 1 aliphatic carbocycles. The zero-order valence-electron chi connectivity index (χ0n) is 14.8. The molecule has 0 amide bonds. The molecule has 5 heteroatoms. The van der Waals surface area contributed by atoms with Gasteiger partial charge >= 0.3 is 0 Å². The molecule has 1 aromatic carbocycles. The molecule has 0 fully saturated rings. The van der Waals surface area contributed by atoms with Gasteiger partial charge in [0.05, 0.1) is 25.1 Å². The first-order valence-electron chi connectivity index (χ1n) is 9.18. The normalized spacial score (nSPS) is 19.5. The fourth-order valence-corrected chi connectivity index (χ4v) is 3.90. The maximum absolute atomic E-state index is 12.4. The smallest absolute Gasteiger partial charge is 0.268 e. The average molecular weight is 339 g/mol. The predicted octanol–water partition coefficient (Wildman–Crippen LogP) is 2.33. The SMILES string of the molecule is CN(C[C@@H]1OCCc2ccccc21)Cn1nc2c(cc1=O)CCCC2. The van der Waals surface area contributed by atoms with Crippen LogP contribution in [-0.4, -0.2) is 34.9 Å². The maximum Gasteiger partial charge on any atom is 0.268 e. The molecule has 2 aromatic rings. The molecule has 0 unspecified atom stereocenters. The number of benzene rings is 1. The Balaban J connectivity index is 1.48. The molecule has 132 valence electrons. The number of rotatable bonds is 4. The summed E-state index contributed by atoms with van der Waals surface area (Å²) >= 11 is 0. The van der Waals surface area contributed by atoms with E-state index in [-0.39, 0.29) is 11.7 Å². The van der Waals surface area contributed by atoms with Crippen LogP contribution < -0.4 is 5.56 Å². The van der Waals surface area contributed by atoms with Gasteiger partial charge in [-0.15, -0.1) is 0 Å². The Morgan fingerprint density at radius 1 is 1.20 bits per heavy atom. The number of hydrogen-bond donors (Lipinski definition) is 0. The second-order valence-corrected chi connectivity index (χ2v) is 7.15. The molecule has 4 rings (SSSR count). The summed E-state index contributed by atoms with van der Waals surface area (Å²) in [5, 5.41) is 4.61. The highest BCUT2D eigenvalue weighted by Crippen LogP contribution is 2.27. The standard InChI is InChI=1S/C20H25N3O2/c1-22(13-19-17-8-4-2-6-15(17)10-11-25-19)14-23-20(24)12-16-7-3-5-9-18(16)21-23/h2,4,6,8,12,19H,3,5,7,9-11,13-14H2,1H3/t19-/m0/s1. The lowest BCUT2D eigenvalue weighted by Gasteiger charge is -2.29. The Hall–Kier alpha value is -1.98. The highest BCUT2D eigenvalue weighted by atomic mass is 16.5. The van der Waals surface area contributed by atoms with Gasteiger partial charge < -0.3 is 4.74 Å². The molecular formula is C20H25N3O2. The van der Waals surface area contributed by atoms with Gasteiger partial charge in [0.2, 0.25) is 0 Å². The third-order valence-electron chi connectivity index (χ3n) is 5.22. The molecule has 0 saturated heterocycles. The summed E-state index contributed by atoms with van der Waals surface area (Å²) in [6.07, 6.45) is 5.34.